The van der Waals surface area contributed by atoms with E-state index in [9.17, 15) is 0 Å². The van der Waals surface area contributed by atoms with Crippen molar-refractivity contribution in [2.45, 2.75) is 0 Å². The van der Waals surface area contributed by atoms with Gasteiger partial charge in [0.15, 0.2) is 0 Å². The molecule has 2 heterocycles. The van der Waals surface area contributed by atoms with Crippen molar-refractivity contribution in [1.29, 1.82) is 0 Å². The molecule has 0 aliphatic heterocycles. The van der Waals surface area contributed by atoms with Crippen molar-refractivity contribution in [3.63, 3.8) is 0 Å². The molecule has 10 rings (SSSR count). The van der Waals surface area contributed by atoms with E-state index >= 15 is 0 Å². The second kappa shape index (κ2) is 10.3. The van der Waals surface area contributed by atoms with E-state index in [1.807, 2.05) is 12.1 Å². The van der Waals surface area contributed by atoms with Gasteiger partial charge in [-0.3, -0.25) is 0 Å². The summed E-state index contributed by atoms with van der Waals surface area (Å²) in [4.78, 5) is 8.89. The van der Waals surface area contributed by atoms with Gasteiger partial charge in [0.2, 0.25) is 0 Å². The van der Waals surface area contributed by atoms with Crippen molar-refractivity contribution in [2.24, 2.45) is 0 Å². The van der Waals surface area contributed by atoms with Gasteiger partial charge >= 0.3 is 0 Å². The lowest BCUT2D eigenvalue weighted by atomic mass is 10.0. The number of hydrogen-bond acceptors (Lipinski definition) is 4. The zero-order valence-electron chi connectivity index (χ0n) is 25.2. The van der Waals surface area contributed by atoms with E-state index in [1.54, 1.807) is 11.3 Å². The number of furan rings is 1. The highest BCUT2D eigenvalue weighted by Gasteiger charge is 2.28. The normalized spacial score (nSPS) is 11.8. The van der Waals surface area contributed by atoms with E-state index in [0.717, 1.165) is 55.3 Å². The number of benzene rings is 7. The maximum atomic E-state index is 6.33. The third kappa shape index (κ3) is 4.16. The molecular weight excluding hydrogens is 593 g/mol. The smallest absolute Gasteiger partial charge is 0.137 e. The Balaban J connectivity index is 1.14. The molecule has 2 aromatic heterocycles. The first-order valence-corrected chi connectivity index (χ1v) is 16.6. The predicted octanol–water partition coefficient (Wildman–Crippen LogP) is 12.6. The number of fused-ring (bicyclic) bond motifs is 6. The summed E-state index contributed by atoms with van der Waals surface area (Å²) in [6.45, 7) is 0. The third-order valence-corrected chi connectivity index (χ3v) is 10.3. The molecular formula is C43H26N2OS. The highest BCUT2D eigenvalue weighted by Crippen LogP contribution is 2.53. The van der Waals surface area contributed by atoms with Crippen LogP contribution in [-0.4, -0.2) is 4.98 Å². The molecule has 0 N–H and O–H groups in total. The summed E-state index contributed by atoms with van der Waals surface area (Å²) in [5, 5.41) is 5.77. The van der Waals surface area contributed by atoms with E-state index in [2.05, 4.69) is 150 Å². The molecule has 0 atom stereocenters. The van der Waals surface area contributed by atoms with Gasteiger partial charge in [-0.2, -0.15) is 0 Å². The van der Waals surface area contributed by atoms with Gasteiger partial charge in [0.25, 0.3) is 0 Å². The number of anilines is 3. The summed E-state index contributed by atoms with van der Waals surface area (Å²) in [5.41, 5.74) is 12.0. The molecule has 0 radical (unpaired) electrons. The first-order valence-electron chi connectivity index (χ1n) is 15.8. The molecule has 0 spiro atoms. The lowest BCUT2D eigenvalue weighted by molar-refractivity contribution is 0.669. The number of para-hydroxylation sites is 2. The second-order valence-corrected chi connectivity index (χ2v) is 13.0. The van der Waals surface area contributed by atoms with Gasteiger partial charge in [-0.1, -0.05) is 103 Å². The van der Waals surface area contributed by atoms with Crippen LogP contribution in [0.1, 0.15) is 0 Å². The highest BCUT2D eigenvalue weighted by atomic mass is 32.1. The lowest BCUT2D eigenvalue weighted by Gasteiger charge is -2.26. The third-order valence-electron chi connectivity index (χ3n) is 9.20. The molecule has 1 aliphatic carbocycles. The molecule has 1 aliphatic rings. The molecule has 0 saturated heterocycles. The average molecular weight is 619 g/mol. The molecule has 0 saturated carbocycles. The minimum absolute atomic E-state index is 0.876. The molecule has 220 valence electrons. The van der Waals surface area contributed by atoms with Crippen molar-refractivity contribution < 1.29 is 4.42 Å². The van der Waals surface area contributed by atoms with E-state index < -0.39 is 0 Å². The van der Waals surface area contributed by atoms with Crippen LogP contribution in [0.25, 0.3) is 76.1 Å². The molecule has 0 fully saturated rings. The maximum Gasteiger partial charge on any atom is 0.137 e. The molecule has 9 aromatic rings. The fourth-order valence-corrected chi connectivity index (χ4v) is 8.17. The first kappa shape index (κ1) is 26.3. The second-order valence-electron chi connectivity index (χ2n) is 12.0. The Hall–Kier alpha value is -5.97. The zero-order valence-corrected chi connectivity index (χ0v) is 26.0. The molecule has 0 bridgehead atoms. The van der Waals surface area contributed by atoms with Crippen LogP contribution in [0.4, 0.5) is 17.1 Å². The van der Waals surface area contributed by atoms with Crippen LogP contribution < -0.4 is 4.90 Å². The summed E-state index contributed by atoms with van der Waals surface area (Å²) >= 11 is 1.78. The van der Waals surface area contributed by atoms with Gasteiger partial charge in [0, 0.05) is 50.6 Å². The molecule has 0 unspecified atom stereocenters. The summed E-state index contributed by atoms with van der Waals surface area (Å²) in [6, 6.07) is 55.9. The Labute approximate surface area is 275 Å². The van der Waals surface area contributed by atoms with Crippen LogP contribution in [0.2, 0.25) is 0 Å². The number of hydrogen-bond donors (Lipinski definition) is 0. The van der Waals surface area contributed by atoms with Crippen LogP contribution in [-0.2, 0) is 0 Å². The van der Waals surface area contributed by atoms with Gasteiger partial charge in [-0.05, 0) is 70.4 Å². The van der Waals surface area contributed by atoms with Crippen molar-refractivity contribution in [3.8, 4) is 43.4 Å². The van der Waals surface area contributed by atoms with Crippen LogP contribution in [0, 0.1) is 0 Å². The topological polar surface area (TPSA) is 29.3 Å². The monoisotopic (exact) mass is 618 g/mol. The SMILES string of the molecule is c1ccc(-c2cccc(-c3nc4c(s3)-c3cccc5cc(N(c6ccccc6)c6ccc7c(c6)oc6ccccc67)cc-4c35)c2)cc1. The number of thiazole rings is 1. The van der Waals surface area contributed by atoms with Gasteiger partial charge in [0.05, 0.1) is 10.6 Å². The predicted molar refractivity (Wildman–Crippen MR) is 197 cm³/mol. The van der Waals surface area contributed by atoms with Crippen LogP contribution in [0.15, 0.2) is 162 Å². The minimum atomic E-state index is 0.876. The van der Waals surface area contributed by atoms with Crippen molar-refractivity contribution in [2.75, 3.05) is 4.90 Å². The van der Waals surface area contributed by atoms with Crippen LogP contribution in [0.3, 0.4) is 0 Å². The van der Waals surface area contributed by atoms with Crippen LogP contribution in [0.5, 0.6) is 0 Å². The Morgan fingerprint density at radius 1 is 0.489 bits per heavy atom. The van der Waals surface area contributed by atoms with Crippen LogP contribution >= 0.6 is 11.3 Å². The number of nitrogens with zero attached hydrogens (tertiary/aromatic N) is 2. The molecule has 47 heavy (non-hydrogen) atoms. The quantitative estimate of drug-likeness (QED) is 0.192. The van der Waals surface area contributed by atoms with E-state index in [1.165, 1.54) is 37.9 Å². The average Bonchev–Trinajstić information content (AvgIpc) is 3.82. The van der Waals surface area contributed by atoms with E-state index in [0.29, 0.717) is 0 Å². The summed E-state index contributed by atoms with van der Waals surface area (Å²) in [7, 11) is 0. The number of aromatic nitrogens is 1. The Kier molecular flexibility index (Phi) is 5.74. The fraction of sp³-hybridized carbons (Fsp3) is 0. The Morgan fingerprint density at radius 2 is 1.23 bits per heavy atom. The summed E-state index contributed by atoms with van der Waals surface area (Å²) < 4.78 is 6.33. The van der Waals surface area contributed by atoms with Gasteiger partial charge in [-0.25, -0.2) is 4.98 Å². The fourth-order valence-electron chi connectivity index (χ4n) is 7.07. The van der Waals surface area contributed by atoms with Gasteiger partial charge in [0.1, 0.15) is 16.2 Å². The highest BCUT2D eigenvalue weighted by molar-refractivity contribution is 7.19. The Bertz CT molecular complexity index is 2640. The van der Waals surface area contributed by atoms with Gasteiger partial charge in [-0.15, -0.1) is 11.3 Å². The minimum Gasteiger partial charge on any atom is -0.456 e. The Morgan fingerprint density at radius 3 is 2.13 bits per heavy atom. The maximum absolute atomic E-state index is 6.33. The first-order chi connectivity index (χ1) is 23.3. The van der Waals surface area contributed by atoms with E-state index in [4.69, 9.17) is 9.40 Å². The van der Waals surface area contributed by atoms with Crippen molar-refractivity contribution in [3.05, 3.63) is 158 Å². The largest absolute Gasteiger partial charge is 0.456 e. The van der Waals surface area contributed by atoms with E-state index in [-0.39, 0.29) is 0 Å². The van der Waals surface area contributed by atoms with Gasteiger partial charge < -0.3 is 9.32 Å². The molecule has 0 amide bonds. The van der Waals surface area contributed by atoms with Crippen molar-refractivity contribution >= 4 is 61.1 Å². The lowest BCUT2D eigenvalue weighted by Crippen LogP contribution is -2.10. The molecule has 4 heteroatoms. The molecule has 3 nitrogen and oxygen atoms in total. The summed E-state index contributed by atoms with van der Waals surface area (Å²) in [6.07, 6.45) is 0. The summed E-state index contributed by atoms with van der Waals surface area (Å²) in [5.74, 6) is 0. The number of rotatable bonds is 5. The standard InChI is InChI=1S/C43H26N2OS/c1-3-11-27(12-4-1)28-13-9-15-30(23-28)43-44-41-37-25-33(24-29-14-10-19-36(40(29)37)42(41)47-43)45(31-16-5-2-6-17-31)32-21-22-35-34-18-7-8-20-38(34)46-39(35)26-32/h1-26H. The zero-order chi connectivity index (χ0) is 30.9. The molecule has 7 aromatic carbocycles. The van der Waals surface area contributed by atoms with Crippen molar-refractivity contribution in [1.82, 2.24) is 4.98 Å².